The molecule has 2 N–H and O–H groups in total. The average Bonchev–Trinajstić information content (AvgIpc) is 2.92. The number of hydrogen-bond donors (Lipinski definition) is 2. The summed E-state index contributed by atoms with van der Waals surface area (Å²) in [4.78, 5) is 0. The first-order valence-electron chi connectivity index (χ1n) is 5.38. The van der Waals surface area contributed by atoms with Gasteiger partial charge in [-0.1, -0.05) is 30.0 Å². The van der Waals surface area contributed by atoms with E-state index in [1.165, 1.54) is 6.07 Å². The van der Waals surface area contributed by atoms with E-state index in [2.05, 4.69) is 16.6 Å². The second-order valence-electron chi connectivity index (χ2n) is 3.54. The van der Waals surface area contributed by atoms with Gasteiger partial charge in [0.05, 0.1) is 5.69 Å². The third-order valence-corrected chi connectivity index (χ3v) is 5.00. The summed E-state index contributed by atoms with van der Waals surface area (Å²) in [6.07, 6.45) is 0. The predicted molar refractivity (Wildman–Crippen MR) is 75.5 cm³/mol. The van der Waals surface area contributed by atoms with E-state index < -0.39 is 10.0 Å². The van der Waals surface area contributed by atoms with Gasteiger partial charge in [0.15, 0.2) is 0 Å². The normalized spacial score (nSPS) is 10.6. The lowest BCUT2D eigenvalue weighted by Gasteiger charge is -2.08. The molecule has 0 spiro atoms. The van der Waals surface area contributed by atoms with E-state index in [4.69, 9.17) is 5.11 Å². The van der Waals surface area contributed by atoms with Crippen LogP contribution in [-0.2, 0) is 10.0 Å². The fraction of sp³-hybridized carbons (Fsp3) is 0.0769. The maximum Gasteiger partial charge on any atom is 0.271 e. The summed E-state index contributed by atoms with van der Waals surface area (Å²) < 4.78 is 26.9. The fourth-order valence-electron chi connectivity index (χ4n) is 1.43. The fourth-order valence-corrected chi connectivity index (χ4v) is 3.50. The maximum atomic E-state index is 12.1. The summed E-state index contributed by atoms with van der Waals surface area (Å²) in [6, 6.07) is 10.0. The van der Waals surface area contributed by atoms with Gasteiger partial charge in [-0.15, -0.1) is 11.3 Å². The Morgan fingerprint density at radius 3 is 2.68 bits per heavy atom. The van der Waals surface area contributed by atoms with E-state index in [9.17, 15) is 8.42 Å². The first-order chi connectivity index (χ1) is 9.13. The van der Waals surface area contributed by atoms with Crippen LogP contribution in [0.2, 0.25) is 0 Å². The van der Waals surface area contributed by atoms with Crippen molar-refractivity contribution in [3.05, 3.63) is 47.3 Å². The van der Waals surface area contributed by atoms with Crippen LogP contribution in [0.4, 0.5) is 5.69 Å². The highest BCUT2D eigenvalue weighted by atomic mass is 32.2. The maximum absolute atomic E-state index is 12.1. The zero-order valence-electron chi connectivity index (χ0n) is 9.83. The Hall–Kier alpha value is -1.81. The smallest absolute Gasteiger partial charge is 0.271 e. The van der Waals surface area contributed by atoms with Gasteiger partial charge in [-0.25, -0.2) is 8.42 Å². The van der Waals surface area contributed by atoms with Gasteiger partial charge in [0.25, 0.3) is 10.0 Å². The number of rotatable bonds is 3. The Labute approximate surface area is 115 Å². The number of para-hydroxylation sites is 1. The number of nitrogens with one attached hydrogen (secondary N) is 1. The number of sulfonamides is 1. The second-order valence-corrected chi connectivity index (χ2v) is 6.40. The highest BCUT2D eigenvalue weighted by Gasteiger charge is 2.16. The van der Waals surface area contributed by atoms with Crippen molar-refractivity contribution in [2.45, 2.75) is 4.21 Å². The van der Waals surface area contributed by atoms with Gasteiger partial charge >= 0.3 is 0 Å². The van der Waals surface area contributed by atoms with E-state index in [0.717, 1.165) is 11.3 Å². The van der Waals surface area contributed by atoms with E-state index in [-0.39, 0.29) is 10.8 Å². The van der Waals surface area contributed by atoms with Gasteiger partial charge in [0, 0.05) is 5.56 Å². The highest BCUT2D eigenvalue weighted by molar-refractivity contribution is 7.94. The Kier molecular flexibility index (Phi) is 4.22. The van der Waals surface area contributed by atoms with Crippen LogP contribution in [0.15, 0.2) is 46.0 Å². The molecular formula is C13H11NO3S2. The van der Waals surface area contributed by atoms with Crippen LogP contribution in [0.3, 0.4) is 0 Å². The lowest BCUT2D eigenvalue weighted by Crippen LogP contribution is -2.12. The number of anilines is 1. The van der Waals surface area contributed by atoms with Crippen molar-refractivity contribution in [1.29, 1.82) is 0 Å². The minimum Gasteiger partial charge on any atom is -0.384 e. The van der Waals surface area contributed by atoms with Crippen LogP contribution in [0.1, 0.15) is 5.56 Å². The van der Waals surface area contributed by atoms with Crippen LogP contribution in [0.5, 0.6) is 0 Å². The quantitative estimate of drug-likeness (QED) is 0.849. The van der Waals surface area contributed by atoms with Gasteiger partial charge in [0.1, 0.15) is 10.8 Å². The molecule has 1 aromatic heterocycles. The molecule has 0 aliphatic carbocycles. The van der Waals surface area contributed by atoms with E-state index in [0.29, 0.717) is 11.3 Å². The number of benzene rings is 1. The summed E-state index contributed by atoms with van der Waals surface area (Å²) in [5.74, 6) is 5.21. The molecular weight excluding hydrogens is 282 g/mol. The largest absolute Gasteiger partial charge is 0.384 e. The Morgan fingerprint density at radius 2 is 2.00 bits per heavy atom. The van der Waals surface area contributed by atoms with Gasteiger partial charge in [-0.2, -0.15) is 0 Å². The number of aliphatic hydroxyl groups is 1. The van der Waals surface area contributed by atoms with Crippen molar-refractivity contribution < 1.29 is 13.5 Å². The lowest BCUT2D eigenvalue weighted by atomic mass is 10.2. The minimum absolute atomic E-state index is 0.248. The van der Waals surface area contributed by atoms with E-state index in [1.54, 1.807) is 35.7 Å². The van der Waals surface area contributed by atoms with E-state index in [1.807, 2.05) is 0 Å². The molecule has 0 aliphatic heterocycles. The molecule has 19 heavy (non-hydrogen) atoms. The monoisotopic (exact) mass is 293 g/mol. The topological polar surface area (TPSA) is 66.4 Å². The highest BCUT2D eigenvalue weighted by Crippen LogP contribution is 2.22. The summed E-state index contributed by atoms with van der Waals surface area (Å²) in [7, 11) is -3.58. The van der Waals surface area contributed by atoms with Crippen LogP contribution in [-0.4, -0.2) is 20.1 Å². The molecule has 0 atom stereocenters. The van der Waals surface area contributed by atoms with Crippen molar-refractivity contribution in [2.24, 2.45) is 0 Å². The molecule has 0 bridgehead atoms. The lowest BCUT2D eigenvalue weighted by molar-refractivity contribution is 0.350. The number of aliphatic hydroxyl groups excluding tert-OH is 1. The molecule has 2 rings (SSSR count). The van der Waals surface area contributed by atoms with Crippen LogP contribution >= 0.6 is 11.3 Å². The average molecular weight is 293 g/mol. The molecule has 0 saturated heterocycles. The first kappa shape index (κ1) is 13.6. The molecule has 0 aliphatic rings. The summed E-state index contributed by atoms with van der Waals surface area (Å²) >= 11 is 1.15. The third-order valence-electron chi connectivity index (χ3n) is 2.23. The Balaban J connectivity index is 2.34. The zero-order valence-corrected chi connectivity index (χ0v) is 11.5. The molecule has 0 fully saturated rings. The standard InChI is InChI=1S/C13H11NO3S2/c15-9-3-6-11-5-1-2-7-12(11)14-19(16,17)13-8-4-10-18-13/h1-2,4-5,7-8,10,14-15H,9H2. The van der Waals surface area contributed by atoms with Gasteiger partial charge < -0.3 is 5.11 Å². The van der Waals surface area contributed by atoms with Crippen molar-refractivity contribution >= 4 is 27.0 Å². The molecule has 1 aromatic carbocycles. The number of hydrogen-bond acceptors (Lipinski definition) is 4. The molecule has 0 radical (unpaired) electrons. The summed E-state index contributed by atoms with van der Waals surface area (Å²) in [5.41, 5.74) is 0.925. The predicted octanol–water partition coefficient (Wildman–Crippen LogP) is 1.89. The minimum atomic E-state index is -3.58. The first-order valence-corrected chi connectivity index (χ1v) is 7.75. The van der Waals surface area contributed by atoms with Crippen LogP contribution in [0, 0.1) is 11.8 Å². The molecule has 4 nitrogen and oxygen atoms in total. The molecule has 1 heterocycles. The van der Waals surface area contributed by atoms with E-state index >= 15 is 0 Å². The molecule has 0 amide bonds. The zero-order chi connectivity index (χ0) is 13.7. The Bertz CT molecular complexity index is 710. The SMILES string of the molecule is O=S(=O)(Nc1ccccc1C#CCO)c1cccs1. The van der Waals surface area contributed by atoms with Crippen LogP contribution < -0.4 is 4.72 Å². The second kappa shape index (κ2) is 5.89. The Morgan fingerprint density at radius 1 is 1.21 bits per heavy atom. The van der Waals surface area contributed by atoms with Crippen molar-refractivity contribution in [3.8, 4) is 11.8 Å². The van der Waals surface area contributed by atoms with Gasteiger partial charge in [-0.05, 0) is 23.6 Å². The van der Waals surface area contributed by atoms with Crippen molar-refractivity contribution in [1.82, 2.24) is 0 Å². The third kappa shape index (κ3) is 3.35. The number of thiophene rings is 1. The summed E-state index contributed by atoms with van der Waals surface area (Å²) in [5, 5.41) is 10.4. The molecule has 6 heteroatoms. The van der Waals surface area contributed by atoms with Gasteiger partial charge in [-0.3, -0.25) is 4.72 Å². The van der Waals surface area contributed by atoms with Crippen LogP contribution in [0.25, 0.3) is 0 Å². The summed E-state index contributed by atoms with van der Waals surface area (Å²) in [6.45, 7) is -0.272. The molecule has 2 aromatic rings. The molecule has 0 unspecified atom stereocenters. The van der Waals surface area contributed by atoms with Crippen molar-refractivity contribution in [3.63, 3.8) is 0 Å². The molecule has 0 saturated carbocycles. The molecule has 98 valence electrons. The van der Waals surface area contributed by atoms with Gasteiger partial charge in [0.2, 0.25) is 0 Å². The van der Waals surface area contributed by atoms with Crippen molar-refractivity contribution in [2.75, 3.05) is 11.3 Å².